The van der Waals surface area contributed by atoms with E-state index >= 15 is 0 Å². The second kappa shape index (κ2) is 10.1. The van der Waals surface area contributed by atoms with Gasteiger partial charge in [-0.3, -0.25) is 9.59 Å². The molecule has 29 heavy (non-hydrogen) atoms. The molecule has 0 bridgehead atoms. The Hall–Kier alpha value is -2.77. The lowest BCUT2D eigenvalue weighted by molar-refractivity contribution is -1.00. The molecule has 1 fully saturated rings. The maximum Gasteiger partial charge on any atom is 0.279 e. The topological polar surface area (TPSA) is 67.1 Å². The van der Waals surface area contributed by atoms with Gasteiger partial charge in [-0.05, 0) is 42.3 Å². The SMILES string of the molecule is CCc1cccc(NC(=O)C[NH+]2CC[NH+](CC(=O)Nc3cccc(F)c3)CC2)c1. The molecule has 0 aliphatic carbocycles. The van der Waals surface area contributed by atoms with Gasteiger partial charge in [0.2, 0.25) is 0 Å². The Morgan fingerprint density at radius 3 is 1.90 bits per heavy atom. The number of benzene rings is 2. The summed E-state index contributed by atoms with van der Waals surface area (Å²) in [5.41, 5.74) is 2.51. The molecule has 0 unspecified atom stereocenters. The highest BCUT2D eigenvalue weighted by molar-refractivity contribution is 5.92. The molecule has 6 nitrogen and oxygen atoms in total. The van der Waals surface area contributed by atoms with Crippen LogP contribution >= 0.6 is 0 Å². The van der Waals surface area contributed by atoms with Gasteiger partial charge in [-0.2, -0.15) is 0 Å². The van der Waals surface area contributed by atoms with Gasteiger partial charge in [0.1, 0.15) is 32.0 Å². The maximum atomic E-state index is 13.2. The van der Waals surface area contributed by atoms with E-state index in [0.29, 0.717) is 18.8 Å². The van der Waals surface area contributed by atoms with Gasteiger partial charge >= 0.3 is 0 Å². The molecular formula is C22H29FN4O2+2. The molecular weight excluding hydrogens is 371 g/mol. The summed E-state index contributed by atoms with van der Waals surface area (Å²) in [5, 5.41) is 5.72. The van der Waals surface area contributed by atoms with Crippen molar-refractivity contribution in [2.24, 2.45) is 0 Å². The first-order valence-corrected chi connectivity index (χ1v) is 10.1. The predicted molar refractivity (Wildman–Crippen MR) is 111 cm³/mol. The van der Waals surface area contributed by atoms with Crippen LogP contribution in [-0.4, -0.2) is 51.1 Å². The number of quaternary nitrogens is 2. The van der Waals surface area contributed by atoms with Gasteiger partial charge < -0.3 is 20.4 Å². The Labute approximate surface area is 170 Å². The number of carbonyl (C=O) groups excluding carboxylic acids is 2. The van der Waals surface area contributed by atoms with Crippen molar-refractivity contribution in [3.05, 3.63) is 59.9 Å². The molecule has 1 saturated heterocycles. The number of aryl methyl sites for hydroxylation is 1. The molecule has 0 atom stereocenters. The van der Waals surface area contributed by atoms with Crippen LogP contribution in [0.15, 0.2) is 48.5 Å². The van der Waals surface area contributed by atoms with Gasteiger partial charge in [0, 0.05) is 11.4 Å². The van der Waals surface area contributed by atoms with Crippen LogP contribution in [0.1, 0.15) is 12.5 Å². The molecule has 3 rings (SSSR count). The molecule has 1 heterocycles. The third-order valence-corrected chi connectivity index (χ3v) is 5.21. The van der Waals surface area contributed by atoms with Crippen LogP contribution in [0.25, 0.3) is 0 Å². The van der Waals surface area contributed by atoms with Crippen molar-refractivity contribution in [3.8, 4) is 0 Å². The van der Waals surface area contributed by atoms with Gasteiger partial charge in [0.15, 0.2) is 13.1 Å². The molecule has 1 aliphatic heterocycles. The number of nitrogens with one attached hydrogen (secondary N) is 4. The number of carbonyl (C=O) groups is 2. The Morgan fingerprint density at radius 2 is 1.38 bits per heavy atom. The van der Waals surface area contributed by atoms with E-state index in [0.717, 1.165) is 38.3 Å². The highest BCUT2D eigenvalue weighted by Gasteiger charge is 2.26. The zero-order valence-electron chi connectivity index (χ0n) is 16.8. The van der Waals surface area contributed by atoms with E-state index in [1.54, 1.807) is 12.1 Å². The minimum absolute atomic E-state index is 0.0144. The Morgan fingerprint density at radius 1 is 0.862 bits per heavy atom. The molecule has 2 aromatic carbocycles. The smallest absolute Gasteiger partial charge is 0.279 e. The summed E-state index contributed by atoms with van der Waals surface area (Å²) >= 11 is 0. The van der Waals surface area contributed by atoms with E-state index in [1.165, 1.54) is 27.5 Å². The molecule has 154 valence electrons. The van der Waals surface area contributed by atoms with Crippen LogP contribution in [0.4, 0.5) is 15.8 Å². The summed E-state index contributed by atoms with van der Waals surface area (Å²) in [6.07, 6.45) is 0.937. The van der Waals surface area contributed by atoms with Gasteiger partial charge in [-0.1, -0.05) is 25.1 Å². The first-order valence-electron chi connectivity index (χ1n) is 10.1. The van der Waals surface area contributed by atoms with Crippen molar-refractivity contribution in [2.75, 3.05) is 49.9 Å². The minimum atomic E-state index is -0.368. The molecule has 2 amide bonds. The van der Waals surface area contributed by atoms with Crippen LogP contribution in [0.2, 0.25) is 0 Å². The molecule has 1 aliphatic rings. The normalized spacial score (nSPS) is 18.8. The maximum absolute atomic E-state index is 13.2. The molecule has 4 N–H and O–H groups in total. The van der Waals surface area contributed by atoms with E-state index in [9.17, 15) is 14.0 Å². The minimum Gasteiger partial charge on any atom is -0.321 e. The average Bonchev–Trinajstić information content (AvgIpc) is 2.69. The summed E-state index contributed by atoms with van der Waals surface area (Å²) in [5.74, 6) is -0.477. The number of amides is 2. The number of hydrogen-bond acceptors (Lipinski definition) is 2. The lowest BCUT2D eigenvalue weighted by Gasteiger charge is -2.29. The van der Waals surface area contributed by atoms with Gasteiger partial charge in [-0.25, -0.2) is 4.39 Å². The summed E-state index contributed by atoms with van der Waals surface area (Å²) < 4.78 is 13.2. The largest absolute Gasteiger partial charge is 0.321 e. The van der Waals surface area contributed by atoms with E-state index in [1.807, 2.05) is 24.3 Å². The lowest BCUT2D eigenvalue weighted by atomic mass is 10.1. The number of rotatable bonds is 7. The van der Waals surface area contributed by atoms with E-state index in [-0.39, 0.29) is 17.6 Å². The average molecular weight is 400 g/mol. The van der Waals surface area contributed by atoms with Crippen LogP contribution < -0.4 is 20.4 Å². The number of anilines is 2. The zero-order valence-corrected chi connectivity index (χ0v) is 16.8. The van der Waals surface area contributed by atoms with Crippen molar-refractivity contribution >= 4 is 23.2 Å². The van der Waals surface area contributed by atoms with Gasteiger partial charge in [0.25, 0.3) is 11.8 Å². The second-order valence-electron chi connectivity index (χ2n) is 7.51. The van der Waals surface area contributed by atoms with E-state index < -0.39 is 0 Å². The highest BCUT2D eigenvalue weighted by Crippen LogP contribution is 2.10. The van der Waals surface area contributed by atoms with E-state index in [4.69, 9.17) is 0 Å². The fourth-order valence-electron chi connectivity index (χ4n) is 3.61. The van der Waals surface area contributed by atoms with Crippen molar-refractivity contribution in [1.29, 1.82) is 0 Å². The van der Waals surface area contributed by atoms with Crippen molar-refractivity contribution in [2.45, 2.75) is 13.3 Å². The summed E-state index contributed by atoms with van der Waals surface area (Å²) in [6, 6.07) is 13.8. The monoisotopic (exact) mass is 400 g/mol. The van der Waals surface area contributed by atoms with E-state index in [2.05, 4.69) is 17.6 Å². The molecule has 7 heteroatoms. The van der Waals surface area contributed by atoms with Gasteiger partial charge in [-0.15, -0.1) is 0 Å². The van der Waals surface area contributed by atoms with Crippen LogP contribution in [0, 0.1) is 5.82 Å². The number of halogens is 1. The Balaban J connectivity index is 1.39. The van der Waals surface area contributed by atoms with Crippen LogP contribution in [0.5, 0.6) is 0 Å². The third-order valence-electron chi connectivity index (χ3n) is 5.21. The highest BCUT2D eigenvalue weighted by atomic mass is 19.1. The summed E-state index contributed by atoms with van der Waals surface area (Å²) in [7, 11) is 0. The van der Waals surface area contributed by atoms with Crippen molar-refractivity contribution in [1.82, 2.24) is 0 Å². The zero-order chi connectivity index (χ0) is 20.6. The van der Waals surface area contributed by atoms with Crippen LogP contribution in [-0.2, 0) is 16.0 Å². The fourth-order valence-corrected chi connectivity index (χ4v) is 3.61. The second-order valence-corrected chi connectivity index (χ2v) is 7.51. The quantitative estimate of drug-likeness (QED) is 0.518. The number of hydrogen-bond donors (Lipinski definition) is 4. The Bertz CT molecular complexity index is 850. The number of piperazine rings is 1. The molecule has 0 spiro atoms. The first kappa shape index (κ1) is 21.0. The van der Waals surface area contributed by atoms with Crippen LogP contribution in [0.3, 0.4) is 0 Å². The molecule has 0 radical (unpaired) electrons. The predicted octanol–water partition coefficient (Wildman–Crippen LogP) is -0.251. The lowest BCUT2D eigenvalue weighted by Crippen LogP contribution is -3.28. The summed E-state index contributed by atoms with van der Waals surface area (Å²) in [4.78, 5) is 26.9. The standard InChI is InChI=1S/C22H27FN4O2/c1-2-17-5-3-7-19(13-17)24-21(28)15-26-9-11-27(12-10-26)16-22(29)25-20-8-4-6-18(23)14-20/h3-8,13-14H,2,9-12,15-16H2,1H3,(H,24,28)(H,25,29)/p+2. The Kier molecular flexibility index (Phi) is 7.32. The first-order chi connectivity index (χ1) is 14.0. The molecule has 0 aromatic heterocycles. The third kappa shape index (κ3) is 6.66. The summed E-state index contributed by atoms with van der Waals surface area (Å²) in [6.45, 7) is 6.19. The van der Waals surface area contributed by atoms with Crippen molar-refractivity contribution in [3.63, 3.8) is 0 Å². The van der Waals surface area contributed by atoms with Gasteiger partial charge in [0.05, 0.1) is 0 Å². The molecule has 2 aromatic rings. The van der Waals surface area contributed by atoms with Crippen molar-refractivity contribution < 1.29 is 23.8 Å². The molecule has 0 saturated carbocycles. The fraction of sp³-hybridized carbons (Fsp3) is 0.364.